The number of aliphatic carboxylic acids is 1. The van der Waals surface area contributed by atoms with Crippen molar-refractivity contribution < 1.29 is 14.7 Å². The molecule has 1 aliphatic rings. The first-order valence-corrected chi connectivity index (χ1v) is 9.95. The first-order valence-electron chi connectivity index (χ1n) is 9.19. The smallest absolute Gasteiger partial charge is 0.307 e. The monoisotopic (exact) mass is 456 g/mol. The molecule has 0 spiro atoms. The lowest BCUT2D eigenvalue weighted by atomic mass is 9.98. The lowest BCUT2D eigenvalue weighted by molar-refractivity contribution is -0.143. The number of nitrogens with zero attached hydrogens (tertiary/aromatic N) is 2. The molecule has 0 saturated carbocycles. The number of halogens is 3. The van der Waals surface area contributed by atoms with E-state index >= 15 is 0 Å². The van der Waals surface area contributed by atoms with Crippen molar-refractivity contribution in [3.8, 4) is 11.1 Å². The second kappa shape index (κ2) is 11.4. The molecule has 1 unspecified atom stereocenters. The van der Waals surface area contributed by atoms with E-state index < -0.39 is 5.97 Å². The van der Waals surface area contributed by atoms with E-state index in [2.05, 4.69) is 10.1 Å². The van der Waals surface area contributed by atoms with Crippen molar-refractivity contribution >= 4 is 47.8 Å². The number of carboxylic acids is 1. The first-order chi connectivity index (χ1) is 13.5. The molecular weight excluding hydrogens is 435 g/mol. The molecule has 156 valence electrons. The van der Waals surface area contributed by atoms with Crippen molar-refractivity contribution in [2.24, 2.45) is 11.1 Å². The molecule has 2 aromatic carbocycles. The predicted octanol–water partition coefficient (Wildman–Crippen LogP) is 5.23. The van der Waals surface area contributed by atoms with Crippen molar-refractivity contribution in [2.75, 3.05) is 26.2 Å². The normalized spacial score (nSPS) is 17.1. The largest absolute Gasteiger partial charge is 0.481 e. The molecule has 0 aromatic heterocycles. The van der Waals surface area contributed by atoms with Gasteiger partial charge in [0.1, 0.15) is 6.61 Å². The maximum absolute atomic E-state index is 11.1. The lowest BCUT2D eigenvalue weighted by Gasteiger charge is -2.29. The van der Waals surface area contributed by atoms with Gasteiger partial charge in [0, 0.05) is 34.3 Å². The Balaban J connectivity index is 0.00000300. The lowest BCUT2D eigenvalue weighted by Crippen LogP contribution is -2.40. The fourth-order valence-corrected chi connectivity index (χ4v) is 3.85. The zero-order chi connectivity index (χ0) is 19.9. The Morgan fingerprint density at radius 2 is 2.03 bits per heavy atom. The number of hydrogen-bond donors (Lipinski definition) is 1. The molecule has 0 aliphatic carbocycles. The van der Waals surface area contributed by atoms with Gasteiger partial charge in [-0.3, -0.25) is 9.69 Å². The van der Waals surface area contributed by atoms with E-state index in [-0.39, 0.29) is 18.3 Å². The van der Waals surface area contributed by atoms with Gasteiger partial charge in [-0.15, -0.1) is 12.4 Å². The molecule has 8 heteroatoms. The molecule has 1 N–H and O–H groups in total. The fourth-order valence-electron chi connectivity index (χ4n) is 3.34. The van der Waals surface area contributed by atoms with Gasteiger partial charge in [-0.2, -0.15) is 0 Å². The SMILES string of the molecule is Cl.O=C(O)C1CCCN(CCO/N=C/c2ccccc2-c2ccc(Cl)cc2Cl)C1. The molecule has 0 amide bonds. The highest BCUT2D eigenvalue weighted by Gasteiger charge is 2.24. The first kappa shape index (κ1) is 23.5. The van der Waals surface area contributed by atoms with Gasteiger partial charge in [0.25, 0.3) is 0 Å². The van der Waals surface area contributed by atoms with E-state index in [0.29, 0.717) is 29.7 Å². The number of likely N-dealkylation sites (tertiary alicyclic amines) is 1. The number of benzene rings is 2. The Morgan fingerprint density at radius 1 is 1.24 bits per heavy atom. The van der Waals surface area contributed by atoms with Gasteiger partial charge in [-0.05, 0) is 37.1 Å². The third-order valence-electron chi connectivity index (χ3n) is 4.80. The minimum absolute atomic E-state index is 0. The van der Waals surface area contributed by atoms with Gasteiger partial charge >= 0.3 is 5.97 Å². The molecule has 1 fully saturated rings. The van der Waals surface area contributed by atoms with Crippen LogP contribution in [0.15, 0.2) is 47.6 Å². The van der Waals surface area contributed by atoms with Gasteiger partial charge < -0.3 is 9.94 Å². The summed E-state index contributed by atoms with van der Waals surface area (Å²) in [6.07, 6.45) is 3.31. The van der Waals surface area contributed by atoms with Gasteiger partial charge in [-0.1, -0.05) is 58.7 Å². The number of rotatable bonds is 7. The van der Waals surface area contributed by atoms with Crippen LogP contribution in [0.25, 0.3) is 11.1 Å². The van der Waals surface area contributed by atoms with Gasteiger partial charge in [-0.25, -0.2) is 0 Å². The molecular formula is C21H23Cl3N2O3. The average molecular weight is 458 g/mol. The molecule has 5 nitrogen and oxygen atoms in total. The summed E-state index contributed by atoms with van der Waals surface area (Å²) >= 11 is 12.3. The zero-order valence-electron chi connectivity index (χ0n) is 15.8. The molecule has 1 saturated heterocycles. The van der Waals surface area contributed by atoms with Crippen LogP contribution in [-0.4, -0.2) is 48.4 Å². The van der Waals surface area contributed by atoms with E-state index in [1.54, 1.807) is 18.3 Å². The minimum atomic E-state index is -0.721. The number of carboxylic acid groups (broad SMARTS) is 1. The van der Waals surface area contributed by atoms with E-state index in [4.69, 9.17) is 33.1 Å². The summed E-state index contributed by atoms with van der Waals surface area (Å²) in [5.41, 5.74) is 2.70. The second-order valence-corrected chi connectivity index (χ2v) is 7.60. The highest BCUT2D eigenvalue weighted by atomic mass is 35.5. The molecule has 1 atom stereocenters. The van der Waals surface area contributed by atoms with Crippen LogP contribution < -0.4 is 0 Å². The van der Waals surface area contributed by atoms with Crippen molar-refractivity contribution in [2.45, 2.75) is 12.8 Å². The highest BCUT2D eigenvalue weighted by Crippen LogP contribution is 2.32. The van der Waals surface area contributed by atoms with Crippen LogP contribution in [0.2, 0.25) is 10.0 Å². The summed E-state index contributed by atoms with van der Waals surface area (Å²) < 4.78 is 0. The van der Waals surface area contributed by atoms with E-state index in [1.807, 2.05) is 30.3 Å². The maximum atomic E-state index is 11.1. The van der Waals surface area contributed by atoms with Crippen molar-refractivity contribution in [1.29, 1.82) is 0 Å². The zero-order valence-corrected chi connectivity index (χ0v) is 18.1. The summed E-state index contributed by atoms with van der Waals surface area (Å²) in [6.45, 7) is 2.54. The molecule has 29 heavy (non-hydrogen) atoms. The number of hydrogen-bond acceptors (Lipinski definition) is 4. The second-order valence-electron chi connectivity index (χ2n) is 6.76. The Labute approximate surface area is 186 Å². The van der Waals surface area contributed by atoms with Crippen LogP contribution in [0, 0.1) is 5.92 Å². The Bertz CT molecular complexity index is 861. The number of carbonyl (C=O) groups is 1. The summed E-state index contributed by atoms with van der Waals surface area (Å²) in [4.78, 5) is 18.6. The van der Waals surface area contributed by atoms with Crippen molar-refractivity contribution in [1.82, 2.24) is 4.90 Å². The Hall–Kier alpha value is -1.79. The van der Waals surface area contributed by atoms with Crippen LogP contribution in [0.5, 0.6) is 0 Å². The average Bonchev–Trinajstić information content (AvgIpc) is 2.68. The third-order valence-corrected chi connectivity index (χ3v) is 5.35. The molecule has 1 heterocycles. The van der Waals surface area contributed by atoms with Gasteiger partial charge in [0.15, 0.2) is 0 Å². The molecule has 0 radical (unpaired) electrons. The quantitative estimate of drug-likeness (QED) is 0.351. The van der Waals surface area contributed by atoms with Crippen molar-refractivity contribution in [3.63, 3.8) is 0 Å². The Kier molecular flexibility index (Phi) is 9.24. The third kappa shape index (κ3) is 6.61. The van der Waals surface area contributed by atoms with Crippen LogP contribution in [0.4, 0.5) is 0 Å². The van der Waals surface area contributed by atoms with Gasteiger partial charge in [0.05, 0.1) is 12.1 Å². The summed E-state index contributed by atoms with van der Waals surface area (Å²) in [6, 6.07) is 13.2. The maximum Gasteiger partial charge on any atom is 0.307 e. The number of oxime groups is 1. The van der Waals surface area contributed by atoms with Crippen LogP contribution >= 0.6 is 35.6 Å². The van der Waals surface area contributed by atoms with E-state index in [9.17, 15) is 4.79 Å². The molecule has 1 aliphatic heterocycles. The van der Waals surface area contributed by atoms with E-state index in [0.717, 1.165) is 36.1 Å². The summed E-state index contributed by atoms with van der Waals surface area (Å²) in [5.74, 6) is -1.01. The van der Waals surface area contributed by atoms with Crippen LogP contribution in [-0.2, 0) is 9.63 Å². The summed E-state index contributed by atoms with van der Waals surface area (Å²) in [7, 11) is 0. The minimum Gasteiger partial charge on any atom is -0.481 e. The van der Waals surface area contributed by atoms with Crippen molar-refractivity contribution in [3.05, 3.63) is 58.1 Å². The number of piperidine rings is 1. The molecule has 2 aromatic rings. The standard InChI is InChI=1S/C21H22Cl2N2O3.ClH/c22-17-7-8-19(20(23)12-17)18-6-2-1-4-15(18)13-24-28-11-10-25-9-3-5-16(14-25)21(26)27;/h1-2,4,6-8,12-13,16H,3,5,9-11,14H2,(H,26,27);1H/b24-13+;. The summed E-state index contributed by atoms with van der Waals surface area (Å²) in [5, 5.41) is 14.4. The highest BCUT2D eigenvalue weighted by molar-refractivity contribution is 6.36. The predicted molar refractivity (Wildman–Crippen MR) is 119 cm³/mol. The van der Waals surface area contributed by atoms with Crippen LogP contribution in [0.3, 0.4) is 0 Å². The van der Waals surface area contributed by atoms with Crippen LogP contribution in [0.1, 0.15) is 18.4 Å². The molecule has 3 rings (SSSR count). The molecule has 0 bridgehead atoms. The Morgan fingerprint density at radius 3 is 2.79 bits per heavy atom. The van der Waals surface area contributed by atoms with Gasteiger partial charge in [0.2, 0.25) is 0 Å². The topological polar surface area (TPSA) is 62.1 Å². The van der Waals surface area contributed by atoms with E-state index in [1.165, 1.54) is 0 Å². The fraction of sp³-hybridized carbons (Fsp3) is 0.333.